The average molecular weight is 523 g/mol. The number of fused-ring (bicyclic) bond motifs is 1. The van der Waals surface area contributed by atoms with Crippen molar-refractivity contribution in [2.45, 2.75) is 46.1 Å². The molecule has 1 N–H and O–H groups in total. The highest BCUT2D eigenvalue weighted by Gasteiger charge is 2.34. The van der Waals surface area contributed by atoms with E-state index in [1.54, 1.807) is 11.9 Å². The predicted molar refractivity (Wildman–Crippen MR) is 142 cm³/mol. The van der Waals surface area contributed by atoms with Crippen LogP contribution in [0.25, 0.3) is 0 Å². The van der Waals surface area contributed by atoms with Gasteiger partial charge >= 0.3 is 5.97 Å². The minimum absolute atomic E-state index is 0.183. The van der Waals surface area contributed by atoms with E-state index in [9.17, 15) is 18.4 Å². The number of carboxylic acids is 1. The van der Waals surface area contributed by atoms with Gasteiger partial charge in [-0.05, 0) is 61.7 Å². The summed E-state index contributed by atoms with van der Waals surface area (Å²) in [5.74, 6) is 5.52. The number of anilines is 1. The molecule has 37 heavy (non-hydrogen) atoms. The molecule has 9 heteroatoms. The zero-order chi connectivity index (χ0) is 26.7. The minimum atomic E-state index is -2.54. The van der Waals surface area contributed by atoms with Crippen molar-refractivity contribution in [3.05, 3.63) is 64.7 Å². The van der Waals surface area contributed by atoms with E-state index in [-0.39, 0.29) is 17.6 Å². The van der Waals surface area contributed by atoms with Crippen LogP contribution < -0.4 is 4.90 Å². The van der Waals surface area contributed by atoms with Crippen molar-refractivity contribution in [2.24, 2.45) is 5.41 Å². The first kappa shape index (κ1) is 27.0. The van der Waals surface area contributed by atoms with E-state index in [1.807, 2.05) is 56.3 Å². The summed E-state index contributed by atoms with van der Waals surface area (Å²) in [7, 11) is 0. The van der Waals surface area contributed by atoms with Crippen LogP contribution in [-0.2, 0) is 22.5 Å². The number of ketones is 1. The summed E-state index contributed by atoms with van der Waals surface area (Å²) in [5.41, 5.74) is 4.25. The fourth-order valence-electron chi connectivity index (χ4n) is 4.91. The number of carbonyl (C=O) groups excluding carboxylic acids is 1. The Labute approximate surface area is 220 Å². The first-order valence-electron chi connectivity index (χ1n) is 12.5. The van der Waals surface area contributed by atoms with Crippen molar-refractivity contribution in [3.8, 4) is 11.8 Å². The van der Waals surface area contributed by atoms with Gasteiger partial charge in [0.2, 0.25) is 0 Å². The smallest absolute Gasteiger partial charge is 0.305 e. The lowest BCUT2D eigenvalue weighted by Crippen LogP contribution is -2.57. The Morgan fingerprint density at radius 1 is 1.11 bits per heavy atom. The minimum Gasteiger partial charge on any atom is -0.759 e. The third-order valence-corrected chi connectivity index (χ3v) is 8.00. The number of nitrogens with zero attached hydrogens (tertiary/aromatic N) is 3. The molecule has 196 valence electrons. The van der Waals surface area contributed by atoms with Gasteiger partial charge in [0, 0.05) is 71.3 Å². The number of benzene rings is 2. The molecule has 1 saturated heterocycles. The fraction of sp³-hybridized carbons (Fsp3) is 0.429. The van der Waals surface area contributed by atoms with E-state index >= 15 is 0 Å². The zero-order valence-electron chi connectivity index (χ0n) is 21.4. The van der Waals surface area contributed by atoms with Crippen LogP contribution in [0.4, 0.5) is 5.69 Å². The molecule has 0 spiro atoms. The summed E-state index contributed by atoms with van der Waals surface area (Å²) in [6.07, 6.45) is 1.52. The van der Waals surface area contributed by atoms with Gasteiger partial charge in [-0.1, -0.05) is 31.8 Å². The Balaban J connectivity index is 1.39. The molecular weight excluding hydrogens is 490 g/mol. The Bertz CT molecular complexity index is 1260. The largest absolute Gasteiger partial charge is 0.759 e. The maximum atomic E-state index is 12.8. The van der Waals surface area contributed by atoms with Crippen LogP contribution in [0.5, 0.6) is 0 Å². The summed E-state index contributed by atoms with van der Waals surface area (Å²) >= 11 is -2.54. The van der Waals surface area contributed by atoms with Gasteiger partial charge < -0.3 is 14.6 Å². The van der Waals surface area contributed by atoms with E-state index < -0.39 is 23.3 Å². The second-order valence-electron chi connectivity index (χ2n) is 10.3. The molecular formula is C28H32N3O5S-. The van der Waals surface area contributed by atoms with Gasteiger partial charge in [0.15, 0.2) is 5.78 Å². The molecule has 1 heterocycles. The van der Waals surface area contributed by atoms with Gasteiger partial charge in [-0.15, -0.1) is 0 Å². The second kappa shape index (κ2) is 11.2. The maximum absolute atomic E-state index is 12.8. The Morgan fingerprint density at radius 2 is 1.73 bits per heavy atom. The van der Waals surface area contributed by atoms with Crippen molar-refractivity contribution in [3.63, 3.8) is 0 Å². The van der Waals surface area contributed by atoms with E-state index in [4.69, 9.17) is 5.11 Å². The lowest BCUT2D eigenvalue weighted by molar-refractivity contribution is -0.139. The van der Waals surface area contributed by atoms with Crippen LogP contribution in [0.15, 0.2) is 42.5 Å². The summed E-state index contributed by atoms with van der Waals surface area (Å²) in [6.45, 7) is 7.74. The summed E-state index contributed by atoms with van der Waals surface area (Å²) in [4.78, 5) is 26.0. The molecule has 2 aromatic carbocycles. The SMILES string of the molecule is CC(CC(=O)O)N(N1CCN(c2ccc(C#Cc3ccc4c(c3)C(=O)C(C)(C)CC4)cc2)CC1)S(=O)[O-]. The Kier molecular flexibility index (Phi) is 8.14. The number of Topliss-reactive ketones (excluding diaryl/α,β-unsaturated/α-hetero) is 1. The molecule has 2 aromatic rings. The average Bonchev–Trinajstić information content (AvgIpc) is 2.85. The van der Waals surface area contributed by atoms with Crippen molar-refractivity contribution in [2.75, 3.05) is 31.1 Å². The van der Waals surface area contributed by atoms with Crippen molar-refractivity contribution >= 4 is 28.7 Å². The Hall–Kier alpha value is -3.03. The number of rotatable bonds is 6. The number of aliphatic carboxylic acids is 1. The molecule has 0 bridgehead atoms. The predicted octanol–water partition coefficient (Wildman–Crippen LogP) is 3.24. The van der Waals surface area contributed by atoms with Crippen LogP contribution >= 0.6 is 0 Å². The zero-order valence-corrected chi connectivity index (χ0v) is 22.2. The first-order chi connectivity index (χ1) is 17.5. The highest BCUT2D eigenvalue weighted by molar-refractivity contribution is 7.76. The molecule has 0 amide bonds. The van der Waals surface area contributed by atoms with Gasteiger partial charge in [0.1, 0.15) is 0 Å². The van der Waals surface area contributed by atoms with Crippen LogP contribution in [-0.4, -0.2) is 67.3 Å². The molecule has 4 rings (SSSR count). The van der Waals surface area contributed by atoms with Crippen molar-refractivity contribution in [1.29, 1.82) is 0 Å². The number of hydrazine groups is 1. The van der Waals surface area contributed by atoms with Crippen molar-refractivity contribution in [1.82, 2.24) is 9.42 Å². The van der Waals surface area contributed by atoms with Crippen LogP contribution in [0.3, 0.4) is 0 Å². The molecule has 2 aliphatic rings. The van der Waals surface area contributed by atoms with Crippen LogP contribution in [0.1, 0.15) is 60.7 Å². The Morgan fingerprint density at radius 3 is 2.35 bits per heavy atom. The lowest BCUT2D eigenvalue weighted by atomic mass is 9.73. The summed E-state index contributed by atoms with van der Waals surface area (Å²) in [5, 5.41) is 10.7. The molecule has 0 saturated carbocycles. The third-order valence-electron chi connectivity index (χ3n) is 7.11. The highest BCUT2D eigenvalue weighted by atomic mass is 32.2. The maximum Gasteiger partial charge on any atom is 0.305 e. The first-order valence-corrected chi connectivity index (χ1v) is 13.5. The van der Waals surface area contributed by atoms with E-state index in [0.717, 1.165) is 45.2 Å². The molecule has 2 unspecified atom stereocenters. The van der Waals surface area contributed by atoms with Crippen molar-refractivity contribution < 1.29 is 23.5 Å². The van der Waals surface area contributed by atoms with Gasteiger partial charge in [0.25, 0.3) is 0 Å². The van der Waals surface area contributed by atoms with Crippen LogP contribution in [0, 0.1) is 17.3 Å². The van der Waals surface area contributed by atoms with Gasteiger partial charge in [-0.25, -0.2) is 5.01 Å². The molecule has 0 aromatic heterocycles. The fourth-order valence-corrected chi connectivity index (χ4v) is 5.63. The molecule has 1 fully saturated rings. The van der Waals surface area contributed by atoms with Gasteiger partial charge in [0.05, 0.1) is 6.42 Å². The summed E-state index contributed by atoms with van der Waals surface area (Å²) < 4.78 is 24.6. The van der Waals surface area contributed by atoms with E-state index in [2.05, 4.69) is 16.7 Å². The molecule has 0 radical (unpaired) electrons. The standard InChI is InChI=1S/C28H33N3O5S/c1-20(18-26(32)33)31(37(35)36)30-16-14-29(15-17-30)24-10-7-21(8-11-24)4-5-22-6-9-23-12-13-28(2,3)27(34)25(23)19-22/h6-11,19-20H,12-18H2,1-3H3,(H,32,33)(H,35,36)/p-1. The number of hydrogen-bond donors (Lipinski definition) is 1. The molecule has 8 nitrogen and oxygen atoms in total. The molecule has 1 aliphatic heterocycles. The number of aryl methyl sites for hydroxylation is 1. The number of hydrogen-bond acceptors (Lipinski definition) is 6. The van der Waals surface area contributed by atoms with E-state index in [0.29, 0.717) is 26.2 Å². The third kappa shape index (κ3) is 6.28. The number of carbonyl (C=O) groups is 2. The number of piperazine rings is 1. The quantitative estimate of drug-likeness (QED) is 0.459. The summed E-state index contributed by atoms with van der Waals surface area (Å²) in [6, 6.07) is 13.1. The monoisotopic (exact) mass is 522 g/mol. The topological polar surface area (TPSA) is 104 Å². The normalized spacial score (nSPS) is 19.1. The highest BCUT2D eigenvalue weighted by Crippen LogP contribution is 2.35. The molecule has 2 atom stereocenters. The van der Waals surface area contributed by atoms with E-state index in [1.165, 1.54) is 0 Å². The second-order valence-corrected chi connectivity index (χ2v) is 11.1. The van der Waals surface area contributed by atoms with Gasteiger partial charge in [-0.3, -0.25) is 13.8 Å². The lowest BCUT2D eigenvalue weighted by Gasteiger charge is -2.44. The van der Waals surface area contributed by atoms with Gasteiger partial charge in [-0.2, -0.15) is 4.41 Å². The van der Waals surface area contributed by atoms with Crippen LogP contribution in [0.2, 0.25) is 0 Å². The number of carboxylic acid groups (broad SMARTS) is 1. The molecule has 1 aliphatic carbocycles.